The molecule has 96 valence electrons. The van der Waals surface area contributed by atoms with Crippen molar-refractivity contribution < 1.29 is 4.39 Å². The highest BCUT2D eigenvalue weighted by Crippen LogP contribution is 2.20. The van der Waals surface area contributed by atoms with Gasteiger partial charge in [0.05, 0.1) is 0 Å². The van der Waals surface area contributed by atoms with E-state index in [0.29, 0.717) is 12.0 Å². The van der Waals surface area contributed by atoms with E-state index in [0.717, 1.165) is 23.9 Å². The zero-order valence-electron chi connectivity index (χ0n) is 10.8. The quantitative estimate of drug-likeness (QED) is 0.832. The molecule has 0 radical (unpaired) electrons. The normalized spacial score (nSPS) is 13.1. The van der Waals surface area contributed by atoms with Crippen molar-refractivity contribution in [1.29, 1.82) is 0 Å². The molecule has 0 aliphatic carbocycles. The van der Waals surface area contributed by atoms with Gasteiger partial charge in [-0.1, -0.05) is 42.8 Å². The molecule has 1 nitrogen and oxygen atoms in total. The van der Waals surface area contributed by atoms with Crippen molar-refractivity contribution in [1.82, 2.24) is 5.32 Å². The van der Waals surface area contributed by atoms with Crippen molar-refractivity contribution in [2.75, 3.05) is 6.54 Å². The number of rotatable bonds is 6. The van der Waals surface area contributed by atoms with Gasteiger partial charge in [0.15, 0.2) is 0 Å². The third kappa shape index (κ3) is 5.64. The van der Waals surface area contributed by atoms with Crippen LogP contribution in [0.25, 0.3) is 0 Å². The maximum atomic E-state index is 12.9. The number of nitrogens with one attached hydrogen (secondary N) is 1. The average molecular weight is 302 g/mol. The summed E-state index contributed by atoms with van der Waals surface area (Å²) < 4.78 is 13.8. The topological polar surface area (TPSA) is 12.0 Å². The Morgan fingerprint density at radius 1 is 1.29 bits per heavy atom. The Labute approximate surface area is 112 Å². The summed E-state index contributed by atoms with van der Waals surface area (Å²) >= 11 is 3.40. The van der Waals surface area contributed by atoms with Crippen LogP contribution in [-0.2, 0) is 6.42 Å². The highest BCUT2D eigenvalue weighted by atomic mass is 79.9. The number of benzene rings is 1. The van der Waals surface area contributed by atoms with E-state index in [4.69, 9.17) is 0 Å². The van der Waals surface area contributed by atoms with Gasteiger partial charge in [0.2, 0.25) is 0 Å². The van der Waals surface area contributed by atoms with Crippen LogP contribution in [0.5, 0.6) is 0 Å². The van der Waals surface area contributed by atoms with Crippen molar-refractivity contribution in [2.24, 2.45) is 5.92 Å². The van der Waals surface area contributed by atoms with Crippen molar-refractivity contribution in [3.63, 3.8) is 0 Å². The smallest absolute Gasteiger partial charge is 0.124 e. The minimum Gasteiger partial charge on any atom is -0.314 e. The van der Waals surface area contributed by atoms with E-state index in [2.05, 4.69) is 42.0 Å². The van der Waals surface area contributed by atoms with Gasteiger partial charge in [-0.3, -0.25) is 0 Å². The molecule has 0 aromatic heterocycles. The third-order valence-electron chi connectivity index (χ3n) is 2.80. The Morgan fingerprint density at radius 2 is 2.00 bits per heavy atom. The third-order valence-corrected chi connectivity index (χ3v) is 3.53. The zero-order valence-corrected chi connectivity index (χ0v) is 12.3. The first-order valence-corrected chi connectivity index (χ1v) is 6.95. The Bertz CT molecular complexity index is 352. The van der Waals surface area contributed by atoms with E-state index < -0.39 is 0 Å². The molecule has 1 unspecified atom stereocenters. The van der Waals surface area contributed by atoms with Crippen LogP contribution < -0.4 is 5.32 Å². The Morgan fingerprint density at radius 3 is 2.59 bits per heavy atom. The van der Waals surface area contributed by atoms with Crippen LogP contribution in [0.4, 0.5) is 4.39 Å². The average Bonchev–Trinajstić information content (AvgIpc) is 2.25. The van der Waals surface area contributed by atoms with E-state index in [1.54, 1.807) is 0 Å². The van der Waals surface area contributed by atoms with E-state index >= 15 is 0 Å². The lowest BCUT2D eigenvalue weighted by molar-refractivity contribution is 0.453. The molecule has 17 heavy (non-hydrogen) atoms. The van der Waals surface area contributed by atoms with Gasteiger partial charge in [-0.2, -0.15) is 0 Å². The first-order valence-electron chi connectivity index (χ1n) is 6.16. The second kappa shape index (κ2) is 7.12. The van der Waals surface area contributed by atoms with E-state index in [1.165, 1.54) is 17.7 Å². The first-order chi connectivity index (χ1) is 7.99. The van der Waals surface area contributed by atoms with Crippen molar-refractivity contribution >= 4 is 15.9 Å². The Kier molecular flexibility index (Phi) is 6.14. The molecule has 0 saturated heterocycles. The summed E-state index contributed by atoms with van der Waals surface area (Å²) in [7, 11) is 0. The molecule has 1 rings (SSSR count). The van der Waals surface area contributed by atoms with Crippen molar-refractivity contribution in [3.05, 3.63) is 34.1 Å². The summed E-state index contributed by atoms with van der Waals surface area (Å²) in [6, 6.07) is 5.46. The predicted octanol–water partition coefficient (Wildman–Crippen LogP) is 4.15. The molecule has 1 N–H and O–H groups in total. The van der Waals surface area contributed by atoms with Crippen LogP contribution in [0.2, 0.25) is 0 Å². The predicted molar refractivity (Wildman–Crippen MR) is 74.7 cm³/mol. The van der Waals surface area contributed by atoms with Gasteiger partial charge in [-0.25, -0.2) is 4.39 Å². The highest BCUT2D eigenvalue weighted by molar-refractivity contribution is 9.10. The summed E-state index contributed by atoms with van der Waals surface area (Å²) in [5, 5.41) is 3.43. The first kappa shape index (κ1) is 14.7. The molecular formula is C14H21BrFN. The van der Waals surface area contributed by atoms with Crippen LogP contribution in [0, 0.1) is 11.7 Å². The van der Waals surface area contributed by atoms with Crippen LogP contribution in [0.1, 0.15) is 32.8 Å². The van der Waals surface area contributed by atoms with Gasteiger partial charge in [0, 0.05) is 10.5 Å². The number of hydrogen-bond acceptors (Lipinski definition) is 1. The van der Waals surface area contributed by atoms with Gasteiger partial charge in [0.1, 0.15) is 5.82 Å². The molecule has 0 saturated carbocycles. The lowest BCUT2D eigenvalue weighted by Crippen LogP contribution is -2.28. The molecule has 0 spiro atoms. The lowest BCUT2D eigenvalue weighted by Gasteiger charge is -2.15. The van der Waals surface area contributed by atoms with Crippen LogP contribution in [0.15, 0.2) is 22.7 Å². The summed E-state index contributed by atoms with van der Waals surface area (Å²) in [5.41, 5.74) is 1.18. The summed E-state index contributed by atoms with van der Waals surface area (Å²) in [6.45, 7) is 7.59. The molecule has 0 heterocycles. The molecule has 1 aromatic carbocycles. The van der Waals surface area contributed by atoms with E-state index in [9.17, 15) is 4.39 Å². The van der Waals surface area contributed by atoms with Gasteiger partial charge < -0.3 is 5.32 Å². The summed E-state index contributed by atoms with van der Waals surface area (Å²) in [5.74, 6) is 0.449. The minimum absolute atomic E-state index is 0.185. The monoisotopic (exact) mass is 301 g/mol. The molecule has 1 atom stereocenters. The van der Waals surface area contributed by atoms with Gasteiger partial charge >= 0.3 is 0 Å². The fourth-order valence-corrected chi connectivity index (χ4v) is 2.21. The van der Waals surface area contributed by atoms with Crippen LogP contribution >= 0.6 is 15.9 Å². The SMILES string of the molecule is CC(CCc1ccc(F)cc1Br)CNC(C)C. The molecule has 0 aliphatic heterocycles. The van der Waals surface area contributed by atoms with Crippen LogP contribution in [-0.4, -0.2) is 12.6 Å². The molecule has 3 heteroatoms. The highest BCUT2D eigenvalue weighted by Gasteiger charge is 2.06. The maximum absolute atomic E-state index is 12.9. The van der Waals surface area contributed by atoms with E-state index in [-0.39, 0.29) is 5.82 Å². The second-order valence-corrected chi connectivity index (χ2v) is 5.80. The molecular weight excluding hydrogens is 281 g/mol. The fraction of sp³-hybridized carbons (Fsp3) is 0.571. The second-order valence-electron chi connectivity index (χ2n) is 4.94. The van der Waals surface area contributed by atoms with Gasteiger partial charge in [-0.15, -0.1) is 0 Å². The standard InChI is InChI=1S/C14H21BrFN/c1-10(2)17-9-11(3)4-5-12-6-7-13(16)8-14(12)15/h6-8,10-11,17H,4-5,9H2,1-3H3. The molecule has 1 aromatic rings. The molecule has 0 bridgehead atoms. The maximum Gasteiger partial charge on any atom is 0.124 e. The van der Waals surface area contributed by atoms with Gasteiger partial charge in [-0.05, 0) is 43.0 Å². The number of hydrogen-bond donors (Lipinski definition) is 1. The summed E-state index contributed by atoms with van der Waals surface area (Å²) in [6.07, 6.45) is 2.10. The Hall–Kier alpha value is -0.410. The fourth-order valence-electron chi connectivity index (χ4n) is 1.67. The molecule has 0 aliphatic rings. The molecule has 0 fully saturated rings. The summed E-state index contributed by atoms with van der Waals surface area (Å²) in [4.78, 5) is 0. The molecule has 0 amide bonds. The lowest BCUT2D eigenvalue weighted by atomic mass is 10.0. The van der Waals surface area contributed by atoms with Crippen LogP contribution in [0.3, 0.4) is 0 Å². The largest absolute Gasteiger partial charge is 0.314 e. The minimum atomic E-state index is -0.185. The van der Waals surface area contributed by atoms with Crippen molar-refractivity contribution in [3.8, 4) is 0 Å². The van der Waals surface area contributed by atoms with Crippen molar-refractivity contribution in [2.45, 2.75) is 39.7 Å². The van der Waals surface area contributed by atoms with Gasteiger partial charge in [0.25, 0.3) is 0 Å². The Balaban J connectivity index is 2.39. The number of halogens is 2. The number of aryl methyl sites for hydroxylation is 1. The van der Waals surface area contributed by atoms with E-state index in [1.807, 2.05) is 6.07 Å². The zero-order chi connectivity index (χ0) is 12.8.